The van der Waals surface area contributed by atoms with Gasteiger partial charge in [0.15, 0.2) is 5.43 Å². The molecule has 4 heteroatoms. The molecule has 0 unspecified atom stereocenters. The molecule has 1 heterocycles. The van der Waals surface area contributed by atoms with Crippen LogP contribution in [0.2, 0.25) is 0 Å². The van der Waals surface area contributed by atoms with E-state index in [9.17, 15) is 9.59 Å². The highest BCUT2D eigenvalue weighted by Crippen LogP contribution is 2.10. The minimum atomic E-state index is -0.103. The Morgan fingerprint density at radius 1 is 1.10 bits per heavy atom. The van der Waals surface area contributed by atoms with Crippen LogP contribution in [0, 0.1) is 13.8 Å². The summed E-state index contributed by atoms with van der Waals surface area (Å²) in [6.45, 7) is 5.96. The van der Waals surface area contributed by atoms with Gasteiger partial charge in [0, 0.05) is 29.2 Å². The van der Waals surface area contributed by atoms with Crippen LogP contribution >= 0.6 is 0 Å². The third-order valence-electron chi connectivity index (χ3n) is 3.50. The maximum atomic E-state index is 12.1. The quantitative estimate of drug-likeness (QED) is 0.938. The predicted octanol–water partition coefficient (Wildman–Crippen LogP) is 2.67. The van der Waals surface area contributed by atoms with Crippen LogP contribution in [0.5, 0.6) is 0 Å². The number of hydrogen-bond acceptors (Lipinski definition) is 2. The van der Waals surface area contributed by atoms with Crippen molar-refractivity contribution in [3.05, 3.63) is 63.6 Å². The highest BCUT2D eigenvalue weighted by atomic mass is 16.2. The van der Waals surface area contributed by atoms with Crippen molar-refractivity contribution in [2.24, 2.45) is 0 Å². The molecule has 0 saturated heterocycles. The molecule has 0 atom stereocenters. The minimum Gasteiger partial charge on any atom is -0.340 e. The predicted molar refractivity (Wildman–Crippen MR) is 84.6 cm³/mol. The average molecular weight is 284 g/mol. The lowest BCUT2D eigenvalue weighted by molar-refractivity contribution is -0.116. The molecule has 0 aliphatic carbocycles. The molecule has 1 aromatic carbocycles. The Morgan fingerprint density at radius 2 is 1.67 bits per heavy atom. The number of aromatic nitrogens is 1. The lowest BCUT2D eigenvalue weighted by Crippen LogP contribution is -2.23. The van der Waals surface area contributed by atoms with Gasteiger partial charge in [0.25, 0.3) is 0 Å². The summed E-state index contributed by atoms with van der Waals surface area (Å²) in [7, 11) is 0. The van der Waals surface area contributed by atoms with Crippen molar-refractivity contribution in [3.63, 3.8) is 0 Å². The standard InChI is InChI=1S/C17H20N2O2/c1-4-14-5-7-15(8-6-14)18-17(21)11-19-12(2)9-16(20)10-13(19)3/h5-10H,4,11H2,1-3H3,(H,18,21). The molecule has 1 N–H and O–H groups in total. The SMILES string of the molecule is CCc1ccc(NC(=O)Cn2c(C)cc(=O)cc2C)cc1. The number of carbonyl (C=O) groups is 1. The number of hydrogen-bond donors (Lipinski definition) is 1. The van der Waals surface area contributed by atoms with E-state index in [4.69, 9.17) is 0 Å². The van der Waals surface area contributed by atoms with Crippen LogP contribution in [-0.4, -0.2) is 10.5 Å². The molecule has 2 aromatic rings. The Balaban J connectivity index is 2.09. The van der Waals surface area contributed by atoms with Crippen molar-refractivity contribution in [3.8, 4) is 0 Å². The molecule has 4 nitrogen and oxygen atoms in total. The van der Waals surface area contributed by atoms with Crippen LogP contribution < -0.4 is 10.7 Å². The van der Waals surface area contributed by atoms with Crippen molar-refractivity contribution < 1.29 is 4.79 Å². The fourth-order valence-electron chi connectivity index (χ4n) is 2.30. The summed E-state index contributed by atoms with van der Waals surface area (Å²) in [4.78, 5) is 23.5. The molecule has 0 radical (unpaired) electrons. The topological polar surface area (TPSA) is 51.1 Å². The lowest BCUT2D eigenvalue weighted by Gasteiger charge is -2.14. The number of anilines is 1. The molecule has 1 amide bonds. The lowest BCUT2D eigenvalue weighted by atomic mass is 10.1. The molecule has 0 spiro atoms. The van der Waals surface area contributed by atoms with E-state index >= 15 is 0 Å². The highest BCUT2D eigenvalue weighted by molar-refractivity contribution is 5.90. The Kier molecular flexibility index (Phi) is 4.58. The van der Waals surface area contributed by atoms with Gasteiger partial charge in [-0.1, -0.05) is 19.1 Å². The summed E-state index contributed by atoms with van der Waals surface area (Å²) in [5.74, 6) is -0.103. The van der Waals surface area contributed by atoms with Crippen LogP contribution in [0.1, 0.15) is 23.9 Å². The number of pyridine rings is 1. The normalized spacial score (nSPS) is 10.4. The first kappa shape index (κ1) is 15.0. The summed E-state index contributed by atoms with van der Waals surface area (Å²) < 4.78 is 1.83. The summed E-state index contributed by atoms with van der Waals surface area (Å²) in [6.07, 6.45) is 0.976. The molecule has 0 bridgehead atoms. The summed E-state index contributed by atoms with van der Waals surface area (Å²) in [5.41, 5.74) is 3.57. The number of rotatable bonds is 4. The van der Waals surface area contributed by atoms with E-state index in [1.54, 1.807) is 0 Å². The molecule has 0 aliphatic rings. The van der Waals surface area contributed by atoms with Crippen molar-refractivity contribution in [1.82, 2.24) is 4.57 Å². The second-order valence-electron chi connectivity index (χ2n) is 5.16. The van der Waals surface area contributed by atoms with E-state index in [0.717, 1.165) is 23.5 Å². The molecule has 1 aromatic heterocycles. The monoisotopic (exact) mass is 284 g/mol. The summed E-state index contributed by atoms with van der Waals surface area (Å²) in [5, 5.41) is 2.87. The van der Waals surface area contributed by atoms with Crippen LogP contribution in [0.25, 0.3) is 0 Å². The molecule has 0 fully saturated rings. The molecular formula is C17H20N2O2. The van der Waals surface area contributed by atoms with Gasteiger partial charge < -0.3 is 9.88 Å². The van der Waals surface area contributed by atoms with E-state index in [1.807, 2.05) is 42.7 Å². The van der Waals surface area contributed by atoms with Crippen molar-refractivity contribution in [1.29, 1.82) is 0 Å². The molecule has 2 rings (SSSR count). The number of aryl methyl sites for hydroxylation is 3. The first-order valence-electron chi connectivity index (χ1n) is 7.06. The van der Waals surface area contributed by atoms with Gasteiger partial charge >= 0.3 is 0 Å². The highest BCUT2D eigenvalue weighted by Gasteiger charge is 2.07. The zero-order valence-corrected chi connectivity index (χ0v) is 12.6. The van der Waals surface area contributed by atoms with Gasteiger partial charge in [-0.2, -0.15) is 0 Å². The molecule has 21 heavy (non-hydrogen) atoms. The number of nitrogens with zero attached hydrogens (tertiary/aromatic N) is 1. The number of carbonyl (C=O) groups excluding carboxylic acids is 1. The van der Waals surface area contributed by atoms with Crippen molar-refractivity contribution >= 4 is 11.6 Å². The van der Waals surface area contributed by atoms with Gasteiger partial charge in [-0.25, -0.2) is 0 Å². The maximum absolute atomic E-state index is 12.1. The van der Waals surface area contributed by atoms with E-state index in [0.29, 0.717) is 0 Å². The first-order valence-corrected chi connectivity index (χ1v) is 7.06. The number of nitrogens with one attached hydrogen (secondary N) is 1. The van der Waals surface area contributed by atoms with Crippen molar-refractivity contribution in [2.75, 3.05) is 5.32 Å². The molecular weight excluding hydrogens is 264 g/mol. The fraction of sp³-hybridized carbons (Fsp3) is 0.294. The Bertz CT molecular complexity index is 673. The molecule has 0 saturated carbocycles. The van der Waals surface area contributed by atoms with Crippen LogP contribution in [-0.2, 0) is 17.8 Å². The van der Waals surface area contributed by atoms with Gasteiger partial charge in [-0.3, -0.25) is 9.59 Å². The summed E-state index contributed by atoms with van der Waals surface area (Å²) >= 11 is 0. The third-order valence-corrected chi connectivity index (χ3v) is 3.50. The smallest absolute Gasteiger partial charge is 0.244 e. The zero-order valence-electron chi connectivity index (χ0n) is 12.6. The third kappa shape index (κ3) is 3.81. The van der Waals surface area contributed by atoms with Crippen LogP contribution in [0.15, 0.2) is 41.2 Å². The zero-order chi connectivity index (χ0) is 15.4. The van der Waals surface area contributed by atoms with E-state index < -0.39 is 0 Å². The Morgan fingerprint density at radius 3 is 2.19 bits per heavy atom. The average Bonchev–Trinajstić information content (AvgIpc) is 2.43. The summed E-state index contributed by atoms with van der Waals surface area (Å²) in [6, 6.07) is 10.9. The molecule has 0 aliphatic heterocycles. The van der Waals surface area contributed by atoms with Gasteiger partial charge in [0.05, 0.1) is 0 Å². The van der Waals surface area contributed by atoms with Gasteiger partial charge in [-0.05, 0) is 38.0 Å². The minimum absolute atomic E-state index is 0.0307. The van der Waals surface area contributed by atoms with Gasteiger partial charge in [0.1, 0.15) is 6.54 Å². The Hall–Kier alpha value is -2.36. The number of benzene rings is 1. The van der Waals surface area contributed by atoms with Gasteiger partial charge in [-0.15, -0.1) is 0 Å². The number of amides is 1. The van der Waals surface area contributed by atoms with E-state index in [-0.39, 0.29) is 17.9 Å². The van der Waals surface area contributed by atoms with Crippen molar-refractivity contribution in [2.45, 2.75) is 33.7 Å². The van der Waals surface area contributed by atoms with Gasteiger partial charge in [0.2, 0.25) is 5.91 Å². The second kappa shape index (κ2) is 6.39. The second-order valence-corrected chi connectivity index (χ2v) is 5.16. The Labute approximate surface area is 124 Å². The van der Waals surface area contributed by atoms with Crippen LogP contribution in [0.3, 0.4) is 0 Å². The first-order chi connectivity index (χ1) is 9.99. The molecule has 110 valence electrons. The maximum Gasteiger partial charge on any atom is 0.244 e. The van der Waals surface area contributed by atoms with Crippen LogP contribution in [0.4, 0.5) is 5.69 Å². The largest absolute Gasteiger partial charge is 0.340 e. The van der Waals surface area contributed by atoms with E-state index in [2.05, 4.69) is 12.2 Å². The van der Waals surface area contributed by atoms with E-state index in [1.165, 1.54) is 17.7 Å². The fourth-order valence-corrected chi connectivity index (χ4v) is 2.30.